The van der Waals surface area contributed by atoms with Crippen LogP contribution in [0.5, 0.6) is 11.5 Å². The molecule has 0 spiro atoms. The van der Waals surface area contributed by atoms with Gasteiger partial charge in [-0.05, 0) is 64.9 Å². The van der Waals surface area contributed by atoms with Crippen molar-refractivity contribution in [1.82, 2.24) is 14.5 Å². The van der Waals surface area contributed by atoms with Crippen molar-refractivity contribution in [2.24, 2.45) is 7.05 Å². The summed E-state index contributed by atoms with van der Waals surface area (Å²) in [5.74, 6) is 0.843. The van der Waals surface area contributed by atoms with E-state index in [1.54, 1.807) is 23.9 Å². The first-order chi connectivity index (χ1) is 14.2. The van der Waals surface area contributed by atoms with Crippen molar-refractivity contribution in [1.29, 1.82) is 0 Å². The van der Waals surface area contributed by atoms with Gasteiger partial charge in [0.25, 0.3) is 0 Å². The summed E-state index contributed by atoms with van der Waals surface area (Å²) >= 11 is 0. The number of aromatic carboxylic acids is 1. The number of rotatable bonds is 4. The van der Waals surface area contributed by atoms with E-state index in [2.05, 4.69) is 30.7 Å². The van der Waals surface area contributed by atoms with Crippen LogP contribution in [0.1, 0.15) is 55.7 Å². The van der Waals surface area contributed by atoms with Gasteiger partial charge >= 0.3 is 5.97 Å². The SMILES string of the molecule is Cn1c(C(=O)O)cc2cccc(Oc3ccnc(C4CCN(C(C)(C)C)CC4)c3)c21. The second-order valence-corrected chi connectivity index (χ2v) is 9.04. The van der Waals surface area contributed by atoms with Crippen LogP contribution >= 0.6 is 0 Å². The number of carboxylic acids is 1. The van der Waals surface area contributed by atoms with Gasteiger partial charge in [0.2, 0.25) is 0 Å². The molecule has 30 heavy (non-hydrogen) atoms. The Kier molecular flexibility index (Phi) is 5.28. The Morgan fingerprint density at radius 1 is 1.17 bits per heavy atom. The molecule has 0 saturated carbocycles. The molecule has 4 rings (SSSR count). The maximum Gasteiger partial charge on any atom is 0.352 e. The van der Waals surface area contributed by atoms with Crippen molar-refractivity contribution in [2.75, 3.05) is 13.1 Å². The Morgan fingerprint density at radius 2 is 1.90 bits per heavy atom. The zero-order valence-corrected chi connectivity index (χ0v) is 18.1. The van der Waals surface area contributed by atoms with Crippen LogP contribution in [0.4, 0.5) is 0 Å². The van der Waals surface area contributed by atoms with Crippen LogP contribution in [0.2, 0.25) is 0 Å². The van der Waals surface area contributed by atoms with E-state index >= 15 is 0 Å². The van der Waals surface area contributed by atoms with E-state index in [-0.39, 0.29) is 11.2 Å². The molecule has 2 aromatic heterocycles. The molecule has 1 saturated heterocycles. The highest BCUT2D eigenvalue weighted by atomic mass is 16.5. The molecule has 158 valence electrons. The van der Waals surface area contributed by atoms with Gasteiger partial charge in [-0.25, -0.2) is 4.79 Å². The fraction of sp³-hybridized carbons (Fsp3) is 0.417. The van der Waals surface area contributed by atoms with Gasteiger partial charge in [-0.2, -0.15) is 0 Å². The number of aromatic nitrogens is 2. The van der Waals surface area contributed by atoms with E-state index in [4.69, 9.17) is 4.74 Å². The second kappa shape index (κ2) is 7.76. The molecule has 1 aliphatic rings. The van der Waals surface area contributed by atoms with E-state index in [0.29, 0.717) is 11.7 Å². The highest BCUT2D eigenvalue weighted by molar-refractivity contribution is 5.96. The maximum absolute atomic E-state index is 11.5. The molecule has 3 aromatic rings. The van der Waals surface area contributed by atoms with Crippen molar-refractivity contribution in [3.05, 3.63) is 54.0 Å². The van der Waals surface area contributed by atoms with Crippen molar-refractivity contribution in [3.8, 4) is 11.5 Å². The Labute approximate surface area is 177 Å². The number of para-hydroxylation sites is 1. The van der Waals surface area contributed by atoms with Crippen LogP contribution in [0.3, 0.4) is 0 Å². The van der Waals surface area contributed by atoms with Crippen LogP contribution in [0, 0.1) is 0 Å². The molecule has 6 nitrogen and oxygen atoms in total. The van der Waals surface area contributed by atoms with Gasteiger partial charge in [-0.15, -0.1) is 0 Å². The van der Waals surface area contributed by atoms with Crippen LogP contribution in [0.25, 0.3) is 10.9 Å². The summed E-state index contributed by atoms with van der Waals surface area (Å²) in [5, 5.41) is 10.3. The number of carbonyl (C=O) groups is 1. The summed E-state index contributed by atoms with van der Waals surface area (Å²) in [6.45, 7) is 8.93. The van der Waals surface area contributed by atoms with Crippen molar-refractivity contribution < 1.29 is 14.6 Å². The molecule has 1 aromatic carbocycles. The van der Waals surface area contributed by atoms with Gasteiger partial charge < -0.3 is 14.4 Å². The highest BCUT2D eigenvalue weighted by Crippen LogP contribution is 2.34. The fourth-order valence-corrected chi connectivity index (χ4v) is 4.35. The molecular weight excluding hydrogens is 378 g/mol. The predicted octanol–water partition coefficient (Wildman–Crippen LogP) is 5.04. The average Bonchev–Trinajstić information content (AvgIpc) is 3.06. The number of ether oxygens (including phenoxy) is 1. The third-order valence-corrected chi connectivity index (χ3v) is 6.08. The average molecular weight is 408 g/mol. The number of hydrogen-bond donors (Lipinski definition) is 1. The van der Waals surface area contributed by atoms with Crippen LogP contribution in [0.15, 0.2) is 42.6 Å². The second-order valence-electron chi connectivity index (χ2n) is 9.04. The number of aryl methyl sites for hydroxylation is 1. The summed E-state index contributed by atoms with van der Waals surface area (Å²) in [6, 6.07) is 11.2. The van der Waals surface area contributed by atoms with Gasteiger partial charge in [0.15, 0.2) is 5.75 Å². The summed E-state index contributed by atoms with van der Waals surface area (Å²) < 4.78 is 7.87. The largest absolute Gasteiger partial charge is 0.477 e. The molecule has 0 atom stereocenters. The molecule has 1 N–H and O–H groups in total. The minimum absolute atomic E-state index is 0.200. The molecule has 0 amide bonds. The Hall–Kier alpha value is -2.86. The lowest BCUT2D eigenvalue weighted by Crippen LogP contribution is -2.45. The van der Waals surface area contributed by atoms with E-state index in [1.807, 2.05) is 30.3 Å². The summed E-state index contributed by atoms with van der Waals surface area (Å²) in [7, 11) is 1.75. The van der Waals surface area contributed by atoms with Gasteiger partial charge in [-0.1, -0.05) is 12.1 Å². The molecule has 1 fully saturated rings. The number of nitrogens with zero attached hydrogens (tertiary/aromatic N) is 3. The Balaban J connectivity index is 1.57. The molecule has 0 aliphatic carbocycles. The smallest absolute Gasteiger partial charge is 0.352 e. The molecule has 6 heteroatoms. The lowest BCUT2D eigenvalue weighted by Gasteiger charge is -2.40. The number of carboxylic acid groups (broad SMARTS) is 1. The molecule has 0 bridgehead atoms. The summed E-state index contributed by atoms with van der Waals surface area (Å²) in [5.41, 5.74) is 2.27. The minimum atomic E-state index is -0.951. The van der Waals surface area contributed by atoms with Crippen LogP contribution < -0.4 is 4.74 Å². The fourth-order valence-electron chi connectivity index (χ4n) is 4.35. The third-order valence-electron chi connectivity index (χ3n) is 6.08. The zero-order chi connectivity index (χ0) is 21.5. The molecular formula is C24H29N3O3. The third kappa shape index (κ3) is 3.92. The number of piperidine rings is 1. The Bertz CT molecular complexity index is 1070. The number of benzene rings is 1. The van der Waals surface area contributed by atoms with E-state index in [0.717, 1.165) is 48.3 Å². The monoisotopic (exact) mass is 407 g/mol. The van der Waals surface area contributed by atoms with Gasteiger partial charge in [-0.3, -0.25) is 9.88 Å². The van der Waals surface area contributed by atoms with Crippen LogP contribution in [-0.4, -0.2) is 44.2 Å². The summed E-state index contributed by atoms with van der Waals surface area (Å²) in [4.78, 5) is 18.6. The molecule has 3 heterocycles. The number of likely N-dealkylation sites (tertiary alicyclic amines) is 1. The molecule has 0 unspecified atom stereocenters. The van der Waals surface area contributed by atoms with Crippen molar-refractivity contribution in [3.63, 3.8) is 0 Å². The maximum atomic E-state index is 11.5. The lowest BCUT2D eigenvalue weighted by atomic mass is 9.90. The Morgan fingerprint density at radius 3 is 2.57 bits per heavy atom. The van der Waals surface area contributed by atoms with E-state index in [9.17, 15) is 9.90 Å². The number of fused-ring (bicyclic) bond motifs is 1. The van der Waals surface area contributed by atoms with Gasteiger partial charge in [0.1, 0.15) is 11.4 Å². The predicted molar refractivity (Wildman–Crippen MR) is 117 cm³/mol. The van der Waals surface area contributed by atoms with Crippen LogP contribution in [-0.2, 0) is 7.05 Å². The minimum Gasteiger partial charge on any atom is -0.477 e. The number of pyridine rings is 1. The first-order valence-corrected chi connectivity index (χ1v) is 10.4. The van der Waals surface area contributed by atoms with Crippen molar-refractivity contribution in [2.45, 2.75) is 45.1 Å². The quantitative estimate of drug-likeness (QED) is 0.656. The van der Waals surface area contributed by atoms with E-state index in [1.165, 1.54) is 0 Å². The van der Waals surface area contributed by atoms with Gasteiger partial charge in [0, 0.05) is 41.8 Å². The first kappa shape index (κ1) is 20.4. The zero-order valence-electron chi connectivity index (χ0n) is 18.1. The number of hydrogen-bond acceptors (Lipinski definition) is 4. The lowest BCUT2D eigenvalue weighted by molar-refractivity contribution is 0.0687. The first-order valence-electron chi connectivity index (χ1n) is 10.4. The van der Waals surface area contributed by atoms with E-state index < -0.39 is 5.97 Å². The summed E-state index contributed by atoms with van der Waals surface area (Å²) in [6.07, 6.45) is 3.97. The topological polar surface area (TPSA) is 67.6 Å². The standard InChI is InChI=1S/C24H29N3O3/c1-24(2,3)27-12-9-16(10-13-27)19-15-18(8-11-25-19)30-21-7-5-6-17-14-20(23(28)29)26(4)22(17)21/h5-8,11,14-16H,9-10,12-13H2,1-4H3,(H,28,29). The molecule has 1 aliphatic heterocycles. The normalized spacial score (nSPS) is 16.1. The highest BCUT2D eigenvalue weighted by Gasteiger charge is 2.28. The van der Waals surface area contributed by atoms with Crippen molar-refractivity contribution >= 4 is 16.9 Å². The molecule has 0 radical (unpaired) electrons. The van der Waals surface area contributed by atoms with Gasteiger partial charge in [0.05, 0.1) is 5.52 Å².